The Kier molecular flexibility index (Phi) is 4.30. The third-order valence-electron chi connectivity index (χ3n) is 2.55. The fraction of sp³-hybridized carbons (Fsp3) is 0.214. The lowest BCUT2D eigenvalue weighted by Gasteiger charge is -2.11. The maximum absolute atomic E-state index is 13.2. The van der Waals surface area contributed by atoms with Crippen LogP contribution in [0.25, 0.3) is 0 Å². The first-order valence-corrected chi connectivity index (χ1v) is 6.15. The number of benzene rings is 1. The molecular weight excluding hydrogens is 288 g/mol. The summed E-state index contributed by atoms with van der Waals surface area (Å²) in [5, 5.41) is 2.95. The number of anilines is 1. The first-order valence-electron chi connectivity index (χ1n) is 6.15. The molecule has 3 nitrogen and oxygen atoms in total. The summed E-state index contributed by atoms with van der Waals surface area (Å²) >= 11 is 0. The Morgan fingerprint density at radius 2 is 1.95 bits per heavy atom. The Morgan fingerprint density at radius 1 is 1.19 bits per heavy atom. The number of ether oxygens (including phenoxy) is 1. The first-order chi connectivity index (χ1) is 9.90. The van der Waals surface area contributed by atoms with Crippen LogP contribution in [0, 0.1) is 5.82 Å². The average molecular weight is 300 g/mol. The lowest BCUT2D eigenvalue weighted by atomic mass is 10.2. The largest absolute Gasteiger partial charge is 0.439 e. The van der Waals surface area contributed by atoms with Crippen LogP contribution in [0.2, 0.25) is 0 Å². The summed E-state index contributed by atoms with van der Waals surface area (Å²) in [7, 11) is 0. The van der Waals surface area contributed by atoms with Gasteiger partial charge in [-0.25, -0.2) is 4.39 Å². The lowest BCUT2D eigenvalue weighted by Crippen LogP contribution is -2.08. The van der Waals surface area contributed by atoms with Gasteiger partial charge in [-0.2, -0.15) is 18.2 Å². The summed E-state index contributed by atoms with van der Waals surface area (Å²) in [6, 6.07) is 7.28. The zero-order valence-electron chi connectivity index (χ0n) is 11.0. The van der Waals surface area contributed by atoms with E-state index in [0.29, 0.717) is 24.5 Å². The van der Waals surface area contributed by atoms with E-state index in [9.17, 15) is 17.6 Å². The molecule has 1 aromatic carbocycles. The molecule has 0 amide bonds. The highest BCUT2D eigenvalue weighted by Gasteiger charge is 2.34. The molecule has 0 aliphatic heterocycles. The molecule has 1 heterocycles. The number of alkyl halides is 3. The molecule has 0 unspecified atom stereocenters. The second-order valence-corrected chi connectivity index (χ2v) is 4.13. The lowest BCUT2D eigenvalue weighted by molar-refractivity contribution is -0.140. The molecule has 1 aromatic heterocycles. The standard InChI is InChI=1S/C14H12F4N2O/c1-2-19-12-4-3-5-13(20-12)21-9-6-7-11(15)10(8-9)14(16,17)18/h3-8H,2H2,1H3,(H,19,20). The van der Waals surface area contributed by atoms with Crippen molar-refractivity contribution in [1.29, 1.82) is 0 Å². The van der Waals surface area contributed by atoms with Gasteiger partial charge in [0.1, 0.15) is 17.4 Å². The van der Waals surface area contributed by atoms with Crippen LogP contribution in [0.4, 0.5) is 23.4 Å². The summed E-state index contributed by atoms with van der Waals surface area (Å²) in [6.45, 7) is 2.52. The second-order valence-electron chi connectivity index (χ2n) is 4.13. The van der Waals surface area contributed by atoms with E-state index < -0.39 is 17.6 Å². The van der Waals surface area contributed by atoms with E-state index in [2.05, 4.69) is 10.3 Å². The van der Waals surface area contributed by atoms with Crippen LogP contribution >= 0.6 is 0 Å². The highest BCUT2D eigenvalue weighted by Crippen LogP contribution is 2.34. The zero-order chi connectivity index (χ0) is 15.5. The van der Waals surface area contributed by atoms with Crippen molar-refractivity contribution in [2.75, 3.05) is 11.9 Å². The summed E-state index contributed by atoms with van der Waals surface area (Å²) in [5.41, 5.74) is -1.37. The smallest absolute Gasteiger partial charge is 0.419 e. The van der Waals surface area contributed by atoms with E-state index in [1.165, 1.54) is 6.07 Å². The van der Waals surface area contributed by atoms with Gasteiger partial charge in [-0.05, 0) is 31.2 Å². The van der Waals surface area contributed by atoms with Crippen molar-refractivity contribution in [2.24, 2.45) is 0 Å². The second kappa shape index (κ2) is 5.99. The van der Waals surface area contributed by atoms with Gasteiger partial charge in [0, 0.05) is 12.6 Å². The normalized spacial score (nSPS) is 11.3. The van der Waals surface area contributed by atoms with E-state index in [1.54, 1.807) is 12.1 Å². The minimum atomic E-state index is -4.78. The highest BCUT2D eigenvalue weighted by molar-refractivity contribution is 5.39. The molecule has 0 saturated heterocycles. The van der Waals surface area contributed by atoms with E-state index in [4.69, 9.17) is 4.74 Å². The van der Waals surface area contributed by atoms with Crippen molar-refractivity contribution in [3.05, 3.63) is 47.8 Å². The number of nitrogens with zero attached hydrogens (tertiary/aromatic N) is 1. The van der Waals surface area contributed by atoms with E-state index in [-0.39, 0.29) is 11.6 Å². The van der Waals surface area contributed by atoms with E-state index in [1.807, 2.05) is 6.92 Å². The molecule has 0 aliphatic rings. The predicted molar refractivity (Wildman–Crippen MR) is 69.9 cm³/mol. The predicted octanol–water partition coefficient (Wildman–Crippen LogP) is 4.46. The van der Waals surface area contributed by atoms with Gasteiger partial charge >= 0.3 is 6.18 Å². The molecule has 2 rings (SSSR count). The molecule has 0 spiro atoms. The van der Waals surface area contributed by atoms with Gasteiger partial charge in [0.25, 0.3) is 0 Å². The molecule has 0 radical (unpaired) electrons. The molecule has 7 heteroatoms. The van der Waals surface area contributed by atoms with Gasteiger partial charge in [-0.1, -0.05) is 6.07 Å². The molecule has 0 bridgehead atoms. The van der Waals surface area contributed by atoms with Crippen molar-refractivity contribution in [3.8, 4) is 11.6 Å². The Bertz CT molecular complexity index is 629. The molecule has 1 N–H and O–H groups in total. The monoisotopic (exact) mass is 300 g/mol. The van der Waals surface area contributed by atoms with Gasteiger partial charge in [0.2, 0.25) is 5.88 Å². The molecule has 112 valence electrons. The average Bonchev–Trinajstić information content (AvgIpc) is 2.40. The van der Waals surface area contributed by atoms with Crippen LogP contribution in [0.1, 0.15) is 12.5 Å². The summed E-state index contributed by atoms with van der Waals surface area (Å²) in [6.07, 6.45) is -4.78. The summed E-state index contributed by atoms with van der Waals surface area (Å²) in [4.78, 5) is 4.06. The number of halogens is 4. The van der Waals surface area contributed by atoms with Crippen LogP contribution in [-0.4, -0.2) is 11.5 Å². The summed E-state index contributed by atoms with van der Waals surface area (Å²) < 4.78 is 56.2. The third-order valence-corrected chi connectivity index (χ3v) is 2.55. The minimum absolute atomic E-state index is 0.119. The Balaban J connectivity index is 2.26. The molecule has 0 atom stereocenters. The van der Waals surface area contributed by atoms with Crippen molar-refractivity contribution in [1.82, 2.24) is 4.98 Å². The zero-order valence-corrected chi connectivity index (χ0v) is 11.0. The van der Waals surface area contributed by atoms with Crippen molar-refractivity contribution in [2.45, 2.75) is 13.1 Å². The van der Waals surface area contributed by atoms with Crippen LogP contribution in [0.5, 0.6) is 11.6 Å². The SMILES string of the molecule is CCNc1cccc(Oc2ccc(F)c(C(F)(F)F)c2)n1. The fourth-order valence-corrected chi connectivity index (χ4v) is 1.66. The van der Waals surface area contributed by atoms with Gasteiger partial charge < -0.3 is 10.1 Å². The number of nitrogens with one attached hydrogen (secondary N) is 1. The first kappa shape index (κ1) is 15.1. The van der Waals surface area contributed by atoms with Gasteiger partial charge in [0.05, 0.1) is 5.56 Å². The maximum Gasteiger partial charge on any atom is 0.419 e. The van der Waals surface area contributed by atoms with Crippen molar-refractivity contribution in [3.63, 3.8) is 0 Å². The fourth-order valence-electron chi connectivity index (χ4n) is 1.66. The van der Waals surface area contributed by atoms with E-state index >= 15 is 0 Å². The molecule has 0 fully saturated rings. The topological polar surface area (TPSA) is 34.1 Å². The van der Waals surface area contributed by atoms with Crippen molar-refractivity contribution < 1.29 is 22.3 Å². The van der Waals surface area contributed by atoms with Crippen LogP contribution in [-0.2, 0) is 6.18 Å². The molecule has 0 aliphatic carbocycles. The van der Waals surface area contributed by atoms with Crippen LogP contribution in [0.15, 0.2) is 36.4 Å². The Hall–Kier alpha value is -2.31. The molecular formula is C14H12F4N2O. The van der Waals surface area contributed by atoms with Gasteiger partial charge in [-0.15, -0.1) is 0 Å². The summed E-state index contributed by atoms with van der Waals surface area (Å²) in [5.74, 6) is -0.824. The van der Waals surface area contributed by atoms with Crippen LogP contribution in [0.3, 0.4) is 0 Å². The number of hydrogen-bond donors (Lipinski definition) is 1. The Labute approximate surface area is 118 Å². The molecule has 0 saturated carbocycles. The number of rotatable bonds is 4. The minimum Gasteiger partial charge on any atom is -0.439 e. The molecule has 2 aromatic rings. The van der Waals surface area contributed by atoms with Crippen molar-refractivity contribution >= 4 is 5.82 Å². The number of hydrogen-bond acceptors (Lipinski definition) is 3. The van der Waals surface area contributed by atoms with Gasteiger partial charge in [0.15, 0.2) is 0 Å². The maximum atomic E-state index is 13.2. The van der Waals surface area contributed by atoms with Crippen LogP contribution < -0.4 is 10.1 Å². The Morgan fingerprint density at radius 3 is 2.62 bits per heavy atom. The number of pyridine rings is 1. The highest BCUT2D eigenvalue weighted by atomic mass is 19.4. The number of aromatic nitrogens is 1. The quantitative estimate of drug-likeness (QED) is 0.846. The van der Waals surface area contributed by atoms with E-state index in [0.717, 1.165) is 6.07 Å². The van der Waals surface area contributed by atoms with Gasteiger partial charge in [-0.3, -0.25) is 0 Å². The molecule has 21 heavy (non-hydrogen) atoms. The third kappa shape index (κ3) is 3.84.